The summed E-state index contributed by atoms with van der Waals surface area (Å²) in [6, 6.07) is 6.48. The van der Waals surface area contributed by atoms with Gasteiger partial charge in [0, 0.05) is 50.0 Å². The summed E-state index contributed by atoms with van der Waals surface area (Å²) in [7, 11) is -3.58. The van der Waals surface area contributed by atoms with Crippen LogP contribution in [0.3, 0.4) is 0 Å². The summed E-state index contributed by atoms with van der Waals surface area (Å²) in [5, 5.41) is 3.40. The smallest absolute Gasteiger partial charge is 0.317 e. The van der Waals surface area contributed by atoms with Crippen molar-refractivity contribution in [2.75, 3.05) is 32.8 Å². The Labute approximate surface area is 178 Å². The number of piperidine rings is 1. The third-order valence-electron chi connectivity index (χ3n) is 5.60. The number of ether oxygens (including phenoxy) is 1. The van der Waals surface area contributed by atoms with Crippen LogP contribution in [0.5, 0.6) is 0 Å². The topological polar surface area (TPSA) is 79.0 Å². The number of sulfonamides is 1. The lowest BCUT2D eigenvalue weighted by atomic mass is 9.99. The quantitative estimate of drug-likeness (QED) is 0.732. The van der Waals surface area contributed by atoms with E-state index >= 15 is 0 Å². The molecule has 2 saturated heterocycles. The van der Waals surface area contributed by atoms with E-state index in [0.29, 0.717) is 50.7 Å². The minimum Gasteiger partial charge on any atom is -0.381 e. The Morgan fingerprint density at radius 1 is 1.21 bits per heavy atom. The molecular weight excluding hydrogens is 414 g/mol. The molecule has 0 aliphatic carbocycles. The molecule has 0 spiro atoms. The van der Waals surface area contributed by atoms with Crippen molar-refractivity contribution in [3.63, 3.8) is 0 Å². The monoisotopic (exact) mass is 443 g/mol. The lowest BCUT2D eigenvalue weighted by molar-refractivity contribution is 0.0255. The van der Waals surface area contributed by atoms with E-state index in [-0.39, 0.29) is 23.0 Å². The first-order valence-corrected chi connectivity index (χ1v) is 12.1. The minimum atomic E-state index is -3.58. The fourth-order valence-electron chi connectivity index (χ4n) is 4.05. The van der Waals surface area contributed by atoms with Crippen LogP contribution < -0.4 is 5.32 Å². The van der Waals surface area contributed by atoms with Gasteiger partial charge in [-0.15, -0.1) is 0 Å². The maximum atomic E-state index is 13.0. The number of benzene rings is 1. The Morgan fingerprint density at radius 3 is 2.48 bits per heavy atom. The highest BCUT2D eigenvalue weighted by Gasteiger charge is 2.36. The molecule has 2 amide bonds. The summed E-state index contributed by atoms with van der Waals surface area (Å²) in [5.74, 6) is 0. The number of nitrogens with zero attached hydrogens (tertiary/aromatic N) is 2. The maximum absolute atomic E-state index is 13.0. The van der Waals surface area contributed by atoms with E-state index in [1.165, 1.54) is 10.4 Å². The number of urea groups is 1. The van der Waals surface area contributed by atoms with Crippen LogP contribution >= 0.6 is 11.6 Å². The predicted octanol–water partition coefficient (Wildman–Crippen LogP) is 3.09. The van der Waals surface area contributed by atoms with Crippen molar-refractivity contribution < 1.29 is 17.9 Å². The summed E-state index contributed by atoms with van der Waals surface area (Å²) in [5.41, 5.74) is 0. The molecule has 2 fully saturated rings. The third kappa shape index (κ3) is 5.42. The summed E-state index contributed by atoms with van der Waals surface area (Å²) >= 11 is 5.97. The van der Waals surface area contributed by atoms with Gasteiger partial charge in [0.15, 0.2) is 0 Å². The number of carbonyl (C=O) groups is 1. The molecule has 0 saturated carbocycles. The van der Waals surface area contributed by atoms with Crippen LogP contribution in [0.2, 0.25) is 5.02 Å². The van der Waals surface area contributed by atoms with Gasteiger partial charge in [0.2, 0.25) is 10.0 Å². The Kier molecular flexibility index (Phi) is 7.79. The van der Waals surface area contributed by atoms with Gasteiger partial charge in [-0.25, -0.2) is 13.2 Å². The van der Waals surface area contributed by atoms with Gasteiger partial charge in [-0.05, 0) is 50.3 Å². The number of rotatable bonds is 6. The van der Waals surface area contributed by atoms with E-state index in [9.17, 15) is 13.2 Å². The van der Waals surface area contributed by atoms with E-state index in [1.807, 2.05) is 11.8 Å². The van der Waals surface area contributed by atoms with E-state index in [2.05, 4.69) is 5.32 Å². The molecule has 7 nitrogen and oxygen atoms in total. The molecule has 162 valence electrons. The number of nitrogens with one attached hydrogen (secondary N) is 1. The molecule has 1 N–H and O–H groups in total. The Balaban J connectivity index is 1.69. The minimum absolute atomic E-state index is 0.0285. The maximum Gasteiger partial charge on any atom is 0.317 e. The lowest BCUT2D eigenvalue weighted by Crippen LogP contribution is -2.56. The van der Waals surface area contributed by atoms with E-state index in [4.69, 9.17) is 16.3 Å². The van der Waals surface area contributed by atoms with Gasteiger partial charge in [0.05, 0.1) is 4.90 Å². The second kappa shape index (κ2) is 10.1. The molecule has 2 heterocycles. The van der Waals surface area contributed by atoms with Gasteiger partial charge in [0.1, 0.15) is 0 Å². The molecule has 1 aromatic carbocycles. The first kappa shape index (κ1) is 22.3. The zero-order valence-electron chi connectivity index (χ0n) is 16.8. The van der Waals surface area contributed by atoms with Crippen molar-refractivity contribution in [3.8, 4) is 0 Å². The molecule has 1 aromatic rings. The molecule has 3 rings (SSSR count). The zero-order valence-corrected chi connectivity index (χ0v) is 18.4. The molecular formula is C20H30ClN3O4S. The van der Waals surface area contributed by atoms with Crippen LogP contribution in [0.1, 0.15) is 39.0 Å². The standard InChI is InChI=1S/C20H30ClN3O4S/c1-2-10-22-20(25)24(18-8-13-28-14-9-18)17-6-11-23(12-7-17)29(26,27)19-5-3-4-16(21)15-19/h3-5,15,17-18H,2,6-14H2,1H3,(H,22,25). The van der Waals surface area contributed by atoms with Gasteiger partial charge in [-0.2, -0.15) is 4.31 Å². The zero-order chi connectivity index (χ0) is 20.9. The molecule has 9 heteroatoms. The molecule has 29 heavy (non-hydrogen) atoms. The van der Waals surface area contributed by atoms with Gasteiger partial charge >= 0.3 is 6.03 Å². The Bertz CT molecular complexity index is 791. The summed E-state index contributed by atoms with van der Waals surface area (Å²) < 4.78 is 32.9. The van der Waals surface area contributed by atoms with E-state index in [0.717, 1.165) is 19.3 Å². The number of hydrogen-bond acceptors (Lipinski definition) is 4. The number of carbonyl (C=O) groups excluding carboxylic acids is 1. The molecule has 0 bridgehead atoms. The summed E-state index contributed by atoms with van der Waals surface area (Å²) in [4.78, 5) is 15.0. The van der Waals surface area contributed by atoms with E-state index in [1.54, 1.807) is 18.2 Å². The van der Waals surface area contributed by atoms with Crippen LogP contribution in [-0.4, -0.2) is 68.6 Å². The van der Waals surface area contributed by atoms with Crippen LogP contribution in [0.15, 0.2) is 29.2 Å². The van der Waals surface area contributed by atoms with Gasteiger partial charge in [0.25, 0.3) is 0 Å². The average Bonchev–Trinajstić information content (AvgIpc) is 2.73. The van der Waals surface area contributed by atoms with Crippen molar-refractivity contribution in [2.45, 2.75) is 56.0 Å². The molecule has 0 radical (unpaired) electrons. The second-order valence-corrected chi connectivity index (χ2v) is 9.95. The molecule has 0 unspecified atom stereocenters. The van der Waals surface area contributed by atoms with E-state index < -0.39 is 10.0 Å². The van der Waals surface area contributed by atoms with Crippen molar-refractivity contribution in [2.24, 2.45) is 0 Å². The largest absolute Gasteiger partial charge is 0.381 e. The van der Waals surface area contributed by atoms with Crippen molar-refractivity contribution in [1.82, 2.24) is 14.5 Å². The number of halogens is 1. The third-order valence-corrected chi connectivity index (χ3v) is 7.73. The first-order chi connectivity index (χ1) is 13.9. The number of amides is 2. The highest BCUT2D eigenvalue weighted by Crippen LogP contribution is 2.27. The van der Waals surface area contributed by atoms with Gasteiger partial charge < -0.3 is 15.0 Å². The van der Waals surface area contributed by atoms with Crippen LogP contribution in [0.4, 0.5) is 4.79 Å². The molecule has 0 aromatic heterocycles. The van der Waals surface area contributed by atoms with Crippen LogP contribution in [-0.2, 0) is 14.8 Å². The van der Waals surface area contributed by atoms with Crippen LogP contribution in [0.25, 0.3) is 0 Å². The van der Waals surface area contributed by atoms with Crippen molar-refractivity contribution >= 4 is 27.7 Å². The number of hydrogen-bond donors (Lipinski definition) is 1. The predicted molar refractivity (Wildman–Crippen MR) is 113 cm³/mol. The van der Waals surface area contributed by atoms with Crippen molar-refractivity contribution in [1.29, 1.82) is 0 Å². The normalized spacial score (nSPS) is 19.8. The van der Waals surface area contributed by atoms with Gasteiger partial charge in [-0.3, -0.25) is 0 Å². The second-order valence-electron chi connectivity index (χ2n) is 7.58. The Hall–Kier alpha value is -1.35. The highest BCUT2D eigenvalue weighted by atomic mass is 35.5. The highest BCUT2D eigenvalue weighted by molar-refractivity contribution is 7.89. The summed E-state index contributed by atoms with van der Waals surface area (Å²) in [6.07, 6.45) is 3.76. The summed E-state index contributed by atoms with van der Waals surface area (Å²) in [6.45, 7) is 4.76. The first-order valence-electron chi connectivity index (χ1n) is 10.3. The molecule has 2 aliphatic rings. The Morgan fingerprint density at radius 2 is 1.86 bits per heavy atom. The lowest BCUT2D eigenvalue weighted by Gasteiger charge is -2.43. The van der Waals surface area contributed by atoms with Crippen LogP contribution in [0, 0.1) is 0 Å². The fourth-order valence-corrected chi connectivity index (χ4v) is 5.82. The average molecular weight is 444 g/mol. The van der Waals surface area contributed by atoms with Crippen molar-refractivity contribution in [3.05, 3.63) is 29.3 Å². The molecule has 2 aliphatic heterocycles. The SMILES string of the molecule is CCCNC(=O)N(C1CCOCC1)C1CCN(S(=O)(=O)c2cccc(Cl)c2)CC1. The van der Waals surface area contributed by atoms with Gasteiger partial charge in [-0.1, -0.05) is 24.6 Å². The fraction of sp³-hybridized carbons (Fsp3) is 0.650. The molecule has 0 atom stereocenters.